The lowest BCUT2D eigenvalue weighted by Gasteiger charge is -2.09. The number of hydrogen-bond acceptors (Lipinski definition) is 3. The molecule has 0 aliphatic rings. The molecule has 5 heteroatoms. The largest absolute Gasteiger partial charge is 0.397 e. The molecule has 4 nitrogen and oxygen atoms in total. The van der Waals surface area contributed by atoms with Gasteiger partial charge in [0.15, 0.2) is 0 Å². The second-order valence-corrected chi connectivity index (χ2v) is 4.89. The molecule has 0 spiro atoms. The molecule has 0 radical (unpaired) electrons. The first-order valence-electron chi connectivity index (χ1n) is 5.55. The third-order valence-electron chi connectivity index (χ3n) is 2.22. The number of hydrogen-bond donors (Lipinski definition) is 1. The van der Waals surface area contributed by atoms with Gasteiger partial charge in [-0.15, -0.1) is 12.3 Å². The first-order chi connectivity index (χ1) is 7.45. The summed E-state index contributed by atoms with van der Waals surface area (Å²) in [4.78, 5) is 0. The molecule has 94 valence electrons. The standard InChI is InChI=1S/C11H20O4S/c1-3-4-5-6-7-8-9-10-11(2)15-16(12,13)14/h1,11H,4-10H2,2H3,(H,12,13,14). The molecule has 0 saturated heterocycles. The molecular weight excluding hydrogens is 228 g/mol. The third kappa shape index (κ3) is 11.5. The Hall–Kier alpha value is -0.570. The predicted octanol–water partition coefficient (Wildman–Crippen LogP) is 2.56. The average molecular weight is 248 g/mol. The Kier molecular flexibility index (Phi) is 8.26. The third-order valence-corrected chi connectivity index (χ3v) is 2.79. The van der Waals surface area contributed by atoms with E-state index in [-0.39, 0.29) is 0 Å². The van der Waals surface area contributed by atoms with Crippen LogP contribution in [0.2, 0.25) is 0 Å². The maximum Gasteiger partial charge on any atom is 0.397 e. The van der Waals surface area contributed by atoms with Crippen molar-refractivity contribution in [2.45, 2.75) is 58.0 Å². The molecule has 0 bridgehead atoms. The highest BCUT2D eigenvalue weighted by molar-refractivity contribution is 7.80. The molecule has 1 unspecified atom stereocenters. The molecule has 16 heavy (non-hydrogen) atoms. The maximum absolute atomic E-state index is 10.4. The van der Waals surface area contributed by atoms with Crippen LogP contribution in [0.3, 0.4) is 0 Å². The van der Waals surface area contributed by atoms with E-state index in [9.17, 15) is 8.42 Å². The zero-order valence-electron chi connectivity index (χ0n) is 9.68. The van der Waals surface area contributed by atoms with Gasteiger partial charge in [-0.3, -0.25) is 4.55 Å². The fourth-order valence-corrected chi connectivity index (χ4v) is 1.96. The summed E-state index contributed by atoms with van der Waals surface area (Å²) < 4.78 is 33.5. The Morgan fingerprint density at radius 2 is 1.81 bits per heavy atom. The van der Waals surface area contributed by atoms with E-state index in [1.165, 1.54) is 0 Å². The Morgan fingerprint density at radius 3 is 2.38 bits per heavy atom. The quantitative estimate of drug-likeness (QED) is 0.387. The van der Waals surface area contributed by atoms with Crippen molar-refractivity contribution in [1.29, 1.82) is 0 Å². The second kappa shape index (κ2) is 8.57. The van der Waals surface area contributed by atoms with E-state index in [0.717, 1.165) is 38.5 Å². The molecule has 0 aromatic heterocycles. The molecule has 1 N–H and O–H groups in total. The number of unbranched alkanes of at least 4 members (excludes halogenated alkanes) is 5. The minimum atomic E-state index is -4.30. The van der Waals surface area contributed by atoms with Crippen molar-refractivity contribution in [3.63, 3.8) is 0 Å². The van der Waals surface area contributed by atoms with Crippen LogP contribution in [0.15, 0.2) is 0 Å². The molecule has 1 atom stereocenters. The first-order valence-corrected chi connectivity index (χ1v) is 6.91. The topological polar surface area (TPSA) is 63.6 Å². The summed E-state index contributed by atoms with van der Waals surface area (Å²) in [6.07, 6.45) is 11.3. The molecule has 0 amide bonds. The van der Waals surface area contributed by atoms with Crippen LogP contribution < -0.4 is 0 Å². The van der Waals surface area contributed by atoms with Crippen molar-refractivity contribution in [3.05, 3.63) is 0 Å². The lowest BCUT2D eigenvalue weighted by molar-refractivity contribution is 0.185. The van der Waals surface area contributed by atoms with Crippen molar-refractivity contribution < 1.29 is 17.2 Å². The summed E-state index contributed by atoms with van der Waals surface area (Å²) in [7, 11) is -4.30. The lowest BCUT2D eigenvalue weighted by atomic mass is 10.1. The van der Waals surface area contributed by atoms with Gasteiger partial charge >= 0.3 is 10.4 Å². The SMILES string of the molecule is C#CCCCCCCCC(C)OS(=O)(=O)O. The monoisotopic (exact) mass is 248 g/mol. The summed E-state index contributed by atoms with van der Waals surface area (Å²) in [5, 5.41) is 0. The fourth-order valence-electron chi connectivity index (χ4n) is 1.44. The van der Waals surface area contributed by atoms with Crippen molar-refractivity contribution in [3.8, 4) is 12.3 Å². The fraction of sp³-hybridized carbons (Fsp3) is 0.818. The minimum absolute atomic E-state index is 0.458. The van der Waals surface area contributed by atoms with Crippen LogP contribution in [-0.2, 0) is 14.6 Å². The number of terminal acetylenes is 1. The van der Waals surface area contributed by atoms with Gasteiger partial charge in [-0.25, -0.2) is 4.18 Å². The predicted molar refractivity (Wildman–Crippen MR) is 63.2 cm³/mol. The number of rotatable bonds is 9. The Morgan fingerprint density at radius 1 is 1.25 bits per heavy atom. The van der Waals surface area contributed by atoms with E-state index in [2.05, 4.69) is 10.1 Å². The zero-order valence-corrected chi connectivity index (χ0v) is 10.5. The van der Waals surface area contributed by atoms with E-state index in [0.29, 0.717) is 6.42 Å². The van der Waals surface area contributed by atoms with Crippen LogP contribution in [0.25, 0.3) is 0 Å². The average Bonchev–Trinajstić information content (AvgIpc) is 2.13. The van der Waals surface area contributed by atoms with Gasteiger partial charge in [0.25, 0.3) is 0 Å². The van der Waals surface area contributed by atoms with E-state index in [4.69, 9.17) is 11.0 Å². The normalized spacial score (nSPS) is 13.3. The van der Waals surface area contributed by atoms with E-state index in [1.54, 1.807) is 6.92 Å². The van der Waals surface area contributed by atoms with Crippen molar-refractivity contribution in [2.75, 3.05) is 0 Å². The van der Waals surface area contributed by atoms with Gasteiger partial charge in [0.2, 0.25) is 0 Å². The van der Waals surface area contributed by atoms with Gasteiger partial charge in [0.1, 0.15) is 0 Å². The lowest BCUT2D eigenvalue weighted by Crippen LogP contribution is -2.14. The van der Waals surface area contributed by atoms with Crippen molar-refractivity contribution in [1.82, 2.24) is 0 Å². The Balaban J connectivity index is 3.35. The minimum Gasteiger partial charge on any atom is -0.264 e. The highest BCUT2D eigenvalue weighted by atomic mass is 32.3. The van der Waals surface area contributed by atoms with Crippen LogP contribution in [0.5, 0.6) is 0 Å². The molecule has 0 aromatic rings. The van der Waals surface area contributed by atoms with Crippen LogP contribution in [-0.4, -0.2) is 19.1 Å². The van der Waals surface area contributed by atoms with Crippen molar-refractivity contribution in [2.24, 2.45) is 0 Å². The summed E-state index contributed by atoms with van der Waals surface area (Å²) in [5.41, 5.74) is 0. The summed E-state index contributed by atoms with van der Waals surface area (Å²) in [6, 6.07) is 0. The molecule has 0 heterocycles. The highest BCUT2D eigenvalue weighted by Crippen LogP contribution is 2.11. The summed E-state index contributed by atoms with van der Waals surface area (Å²) in [5.74, 6) is 2.59. The van der Waals surface area contributed by atoms with Gasteiger partial charge in [0.05, 0.1) is 6.10 Å². The van der Waals surface area contributed by atoms with E-state index < -0.39 is 16.5 Å². The Bertz CT molecular complexity index is 302. The van der Waals surface area contributed by atoms with E-state index >= 15 is 0 Å². The van der Waals surface area contributed by atoms with Crippen LogP contribution in [0.1, 0.15) is 51.9 Å². The van der Waals surface area contributed by atoms with Gasteiger partial charge in [-0.05, 0) is 19.8 Å². The van der Waals surface area contributed by atoms with Gasteiger partial charge in [-0.1, -0.05) is 25.7 Å². The van der Waals surface area contributed by atoms with Crippen LogP contribution in [0, 0.1) is 12.3 Å². The highest BCUT2D eigenvalue weighted by Gasteiger charge is 2.11. The van der Waals surface area contributed by atoms with Gasteiger partial charge < -0.3 is 0 Å². The van der Waals surface area contributed by atoms with Crippen LogP contribution in [0.4, 0.5) is 0 Å². The first kappa shape index (κ1) is 15.4. The molecule has 0 fully saturated rings. The Labute approximate surface area is 98.3 Å². The summed E-state index contributed by atoms with van der Waals surface area (Å²) >= 11 is 0. The smallest absolute Gasteiger partial charge is 0.264 e. The van der Waals surface area contributed by atoms with Gasteiger partial charge in [0, 0.05) is 6.42 Å². The summed E-state index contributed by atoms with van der Waals surface area (Å²) in [6.45, 7) is 1.63. The molecular formula is C11H20O4S. The maximum atomic E-state index is 10.4. The zero-order chi connectivity index (χ0) is 12.4. The molecule has 0 aromatic carbocycles. The van der Waals surface area contributed by atoms with Crippen molar-refractivity contribution >= 4 is 10.4 Å². The molecule has 0 aliphatic heterocycles. The molecule has 0 rings (SSSR count). The molecule has 0 saturated carbocycles. The second-order valence-electron chi connectivity index (χ2n) is 3.85. The van der Waals surface area contributed by atoms with Gasteiger partial charge in [-0.2, -0.15) is 8.42 Å². The molecule has 0 aliphatic carbocycles. The van der Waals surface area contributed by atoms with E-state index in [1.807, 2.05) is 0 Å². The van der Waals surface area contributed by atoms with Crippen LogP contribution >= 0.6 is 0 Å².